The number of hydrogen-bond donors (Lipinski definition) is 2. The van der Waals surface area contributed by atoms with Gasteiger partial charge in [0.15, 0.2) is 0 Å². The molecule has 0 atom stereocenters. The Balaban J connectivity index is 2.22. The average molecular weight is 310 g/mol. The third-order valence-corrected chi connectivity index (χ3v) is 3.28. The molecular formula is C18H30O4. The zero-order valence-corrected chi connectivity index (χ0v) is 14.3. The highest BCUT2D eigenvalue weighted by Crippen LogP contribution is 2.11. The fourth-order valence-electron chi connectivity index (χ4n) is 1.76. The van der Waals surface area contributed by atoms with E-state index < -0.39 is 11.2 Å². The molecule has 22 heavy (non-hydrogen) atoms. The number of benzene rings is 1. The Bertz CT molecular complexity index is 371. The minimum absolute atomic E-state index is 0.547. The maximum atomic E-state index is 9.59. The lowest BCUT2D eigenvalue weighted by Gasteiger charge is -2.17. The Morgan fingerprint density at radius 3 is 1.32 bits per heavy atom. The molecule has 4 heteroatoms. The van der Waals surface area contributed by atoms with E-state index in [1.807, 2.05) is 24.3 Å². The van der Waals surface area contributed by atoms with E-state index in [4.69, 9.17) is 9.47 Å². The normalized spacial score (nSPS) is 12.6. The molecule has 0 saturated heterocycles. The Morgan fingerprint density at radius 2 is 1.05 bits per heavy atom. The topological polar surface area (TPSA) is 58.9 Å². The standard InChI is InChI=1S/C18H30O4/c1-17(2,19)9-11-21-13-15-5-7-16(8-6-15)14-22-12-10-18(3,4)20/h5-8,19-20H,9-14H2,1-4H3. The van der Waals surface area contributed by atoms with Crippen LogP contribution in [0.3, 0.4) is 0 Å². The molecule has 0 spiro atoms. The van der Waals surface area contributed by atoms with Crippen molar-refractivity contribution < 1.29 is 19.7 Å². The molecule has 1 aromatic carbocycles. The van der Waals surface area contributed by atoms with Crippen LogP contribution in [0.4, 0.5) is 0 Å². The Hall–Kier alpha value is -0.940. The first-order valence-electron chi connectivity index (χ1n) is 7.84. The molecule has 0 aliphatic rings. The van der Waals surface area contributed by atoms with E-state index in [9.17, 15) is 10.2 Å². The molecule has 0 heterocycles. The van der Waals surface area contributed by atoms with Gasteiger partial charge < -0.3 is 19.7 Å². The van der Waals surface area contributed by atoms with Crippen LogP contribution in [0.15, 0.2) is 24.3 Å². The number of ether oxygens (including phenoxy) is 2. The van der Waals surface area contributed by atoms with Crippen molar-refractivity contribution in [2.45, 2.75) is 65.0 Å². The summed E-state index contributed by atoms with van der Waals surface area (Å²) in [5.41, 5.74) is 0.862. The number of hydrogen-bond acceptors (Lipinski definition) is 4. The number of aliphatic hydroxyl groups is 2. The zero-order valence-electron chi connectivity index (χ0n) is 14.3. The van der Waals surface area contributed by atoms with Gasteiger partial charge in [0.05, 0.1) is 24.4 Å². The minimum atomic E-state index is -0.676. The summed E-state index contributed by atoms with van der Waals surface area (Å²) >= 11 is 0. The van der Waals surface area contributed by atoms with Crippen LogP contribution < -0.4 is 0 Å². The van der Waals surface area contributed by atoms with Crippen molar-refractivity contribution in [2.24, 2.45) is 0 Å². The maximum Gasteiger partial charge on any atom is 0.0716 e. The highest BCUT2D eigenvalue weighted by Gasteiger charge is 2.12. The molecule has 0 aromatic heterocycles. The predicted molar refractivity (Wildman–Crippen MR) is 87.6 cm³/mol. The molecule has 2 N–H and O–H groups in total. The zero-order chi connectivity index (χ0) is 16.6. The van der Waals surface area contributed by atoms with Gasteiger partial charge in [0.2, 0.25) is 0 Å². The molecule has 0 saturated carbocycles. The van der Waals surface area contributed by atoms with E-state index in [1.54, 1.807) is 27.7 Å². The van der Waals surface area contributed by atoms with Gasteiger partial charge in [-0.05, 0) is 51.7 Å². The average Bonchev–Trinajstić information content (AvgIpc) is 2.39. The molecule has 0 bridgehead atoms. The van der Waals surface area contributed by atoms with Gasteiger partial charge in [-0.15, -0.1) is 0 Å². The van der Waals surface area contributed by atoms with Gasteiger partial charge >= 0.3 is 0 Å². The van der Waals surface area contributed by atoms with Crippen LogP contribution in [0.5, 0.6) is 0 Å². The van der Waals surface area contributed by atoms with Crippen molar-refractivity contribution in [2.75, 3.05) is 13.2 Å². The smallest absolute Gasteiger partial charge is 0.0716 e. The summed E-state index contributed by atoms with van der Waals surface area (Å²) in [7, 11) is 0. The van der Waals surface area contributed by atoms with E-state index in [-0.39, 0.29) is 0 Å². The summed E-state index contributed by atoms with van der Waals surface area (Å²) in [5, 5.41) is 19.2. The molecule has 126 valence electrons. The molecule has 0 aliphatic carbocycles. The molecule has 0 amide bonds. The van der Waals surface area contributed by atoms with E-state index in [1.165, 1.54) is 0 Å². The van der Waals surface area contributed by atoms with Crippen molar-refractivity contribution in [1.82, 2.24) is 0 Å². The van der Waals surface area contributed by atoms with Crippen molar-refractivity contribution >= 4 is 0 Å². The molecule has 1 aromatic rings. The lowest BCUT2D eigenvalue weighted by molar-refractivity contribution is 0.0226. The largest absolute Gasteiger partial charge is 0.390 e. The highest BCUT2D eigenvalue weighted by atomic mass is 16.5. The van der Waals surface area contributed by atoms with Gasteiger partial charge in [-0.25, -0.2) is 0 Å². The first kappa shape index (κ1) is 19.1. The molecule has 1 rings (SSSR count). The molecule has 0 fully saturated rings. The van der Waals surface area contributed by atoms with Crippen LogP contribution in [0, 0.1) is 0 Å². The summed E-state index contributed by atoms with van der Waals surface area (Å²) in [6, 6.07) is 8.11. The van der Waals surface area contributed by atoms with Gasteiger partial charge in [0.25, 0.3) is 0 Å². The van der Waals surface area contributed by atoms with Crippen LogP contribution in [-0.4, -0.2) is 34.6 Å². The predicted octanol–water partition coefficient (Wildman–Crippen LogP) is 3.04. The fourth-order valence-corrected chi connectivity index (χ4v) is 1.76. The maximum absolute atomic E-state index is 9.59. The Kier molecular flexibility index (Phi) is 7.49. The summed E-state index contributed by atoms with van der Waals surface area (Å²) in [4.78, 5) is 0. The van der Waals surface area contributed by atoms with Crippen molar-refractivity contribution in [1.29, 1.82) is 0 Å². The SMILES string of the molecule is CC(C)(O)CCOCc1ccc(COCCC(C)(C)O)cc1. The second-order valence-electron chi connectivity index (χ2n) is 7.05. The lowest BCUT2D eigenvalue weighted by Crippen LogP contribution is -2.20. The Labute approximate surface area is 134 Å². The molecule has 0 aliphatic heterocycles. The summed E-state index contributed by atoms with van der Waals surface area (Å²) in [6.07, 6.45) is 1.25. The summed E-state index contributed by atoms with van der Waals surface area (Å²) in [6.45, 7) is 9.32. The van der Waals surface area contributed by atoms with E-state index in [0.717, 1.165) is 11.1 Å². The summed E-state index contributed by atoms with van der Waals surface area (Å²) in [5.74, 6) is 0. The molecule has 0 radical (unpaired) electrons. The van der Waals surface area contributed by atoms with Crippen molar-refractivity contribution in [3.63, 3.8) is 0 Å². The highest BCUT2D eigenvalue weighted by molar-refractivity contribution is 5.21. The second kappa shape index (κ2) is 8.63. The van der Waals surface area contributed by atoms with Crippen LogP contribution in [-0.2, 0) is 22.7 Å². The third kappa shape index (κ3) is 9.90. The van der Waals surface area contributed by atoms with Crippen LogP contribution in [0.1, 0.15) is 51.7 Å². The second-order valence-corrected chi connectivity index (χ2v) is 7.05. The van der Waals surface area contributed by atoms with Gasteiger partial charge in [-0.2, -0.15) is 0 Å². The van der Waals surface area contributed by atoms with E-state index >= 15 is 0 Å². The number of rotatable bonds is 10. The first-order valence-corrected chi connectivity index (χ1v) is 7.84. The molecular weight excluding hydrogens is 280 g/mol. The van der Waals surface area contributed by atoms with Gasteiger partial charge in [-0.3, -0.25) is 0 Å². The van der Waals surface area contributed by atoms with Gasteiger partial charge in [0.1, 0.15) is 0 Å². The van der Waals surface area contributed by atoms with Crippen LogP contribution in [0.25, 0.3) is 0 Å². The third-order valence-electron chi connectivity index (χ3n) is 3.28. The fraction of sp³-hybridized carbons (Fsp3) is 0.667. The monoisotopic (exact) mass is 310 g/mol. The van der Waals surface area contributed by atoms with E-state index in [2.05, 4.69) is 0 Å². The minimum Gasteiger partial charge on any atom is -0.390 e. The van der Waals surface area contributed by atoms with E-state index in [0.29, 0.717) is 39.3 Å². The molecule has 4 nitrogen and oxygen atoms in total. The van der Waals surface area contributed by atoms with Gasteiger partial charge in [0, 0.05) is 13.2 Å². The van der Waals surface area contributed by atoms with Crippen molar-refractivity contribution in [3.8, 4) is 0 Å². The molecule has 0 unspecified atom stereocenters. The van der Waals surface area contributed by atoms with Crippen LogP contribution in [0.2, 0.25) is 0 Å². The quantitative estimate of drug-likeness (QED) is 0.652. The lowest BCUT2D eigenvalue weighted by atomic mass is 10.1. The summed E-state index contributed by atoms with van der Waals surface area (Å²) < 4.78 is 11.1. The Morgan fingerprint density at radius 1 is 0.727 bits per heavy atom. The van der Waals surface area contributed by atoms with Crippen LogP contribution >= 0.6 is 0 Å². The van der Waals surface area contributed by atoms with Crippen molar-refractivity contribution in [3.05, 3.63) is 35.4 Å². The van der Waals surface area contributed by atoms with Gasteiger partial charge in [-0.1, -0.05) is 24.3 Å². The first-order chi connectivity index (χ1) is 10.2.